The van der Waals surface area contributed by atoms with Crippen molar-refractivity contribution >= 4 is 27.4 Å². The molecule has 15 heavy (non-hydrogen) atoms. The van der Waals surface area contributed by atoms with Crippen LogP contribution in [-0.2, 0) is 10.2 Å². The summed E-state index contributed by atoms with van der Waals surface area (Å²) in [5.41, 5.74) is 4.52. The van der Waals surface area contributed by atoms with Crippen molar-refractivity contribution in [2.75, 3.05) is 7.05 Å². The number of rotatable bonds is 5. The molecule has 0 heterocycles. The lowest BCUT2D eigenvalue weighted by molar-refractivity contribution is 0.394. The first-order valence-corrected chi connectivity index (χ1v) is 6.42. The highest BCUT2D eigenvalue weighted by Gasteiger charge is 2.30. The maximum Gasteiger partial charge on any atom is 0.280 e. The molecular weight excluding hydrogens is 234 g/mol. The average molecular weight is 253 g/mol. The maximum absolute atomic E-state index is 11.8. The van der Waals surface area contributed by atoms with Crippen LogP contribution in [0.25, 0.3) is 0 Å². The second-order valence-corrected chi connectivity index (χ2v) is 6.38. The number of hydrogen-bond acceptors (Lipinski definition) is 3. The maximum atomic E-state index is 11.8. The van der Waals surface area contributed by atoms with E-state index in [1.165, 1.54) is 11.4 Å². The normalized spacial score (nSPS) is 13.5. The van der Waals surface area contributed by atoms with Crippen LogP contribution in [-0.4, -0.2) is 36.3 Å². The fourth-order valence-corrected chi connectivity index (χ4v) is 2.29. The minimum Gasteiger partial charge on any atom is -0.392 e. The highest BCUT2D eigenvalue weighted by Crippen LogP contribution is 2.09. The third-order valence-corrected chi connectivity index (χ3v) is 4.56. The van der Waals surface area contributed by atoms with Crippen LogP contribution in [0.15, 0.2) is 0 Å². The molecule has 5 nitrogen and oxygen atoms in total. The second-order valence-electron chi connectivity index (χ2n) is 4.21. The fourth-order valence-electron chi connectivity index (χ4n) is 0.722. The molecule has 0 spiro atoms. The fraction of sp³-hybridized carbons (Fsp3) is 0.875. The van der Waals surface area contributed by atoms with Gasteiger partial charge >= 0.3 is 0 Å². The van der Waals surface area contributed by atoms with Gasteiger partial charge in [0.1, 0.15) is 0 Å². The number of hydrogen-bond donors (Lipinski definition) is 2. The van der Waals surface area contributed by atoms with Crippen LogP contribution < -0.4 is 10.5 Å². The Hall–Kier alpha value is -0.240. The Labute approximate surface area is 97.2 Å². The van der Waals surface area contributed by atoms with Gasteiger partial charge in [0, 0.05) is 13.1 Å². The zero-order valence-electron chi connectivity index (χ0n) is 9.73. The Morgan fingerprint density at radius 2 is 1.87 bits per heavy atom. The van der Waals surface area contributed by atoms with Gasteiger partial charge in [-0.25, -0.2) is 0 Å². The van der Waals surface area contributed by atoms with Crippen molar-refractivity contribution in [2.45, 2.75) is 39.3 Å². The molecule has 7 heteroatoms. The third-order valence-electron chi connectivity index (χ3n) is 2.11. The van der Waals surface area contributed by atoms with E-state index in [1.54, 1.807) is 27.7 Å². The molecule has 0 bridgehead atoms. The molecule has 0 aliphatic heterocycles. The molecule has 3 N–H and O–H groups in total. The van der Waals surface area contributed by atoms with E-state index in [1.807, 2.05) is 0 Å². The summed E-state index contributed by atoms with van der Waals surface area (Å²) >= 11 is 4.78. The largest absolute Gasteiger partial charge is 0.392 e. The molecule has 0 radical (unpaired) electrons. The Bertz CT molecular complexity index is 336. The molecule has 0 aromatic heterocycles. The van der Waals surface area contributed by atoms with Gasteiger partial charge in [-0.2, -0.15) is 17.4 Å². The Balaban J connectivity index is 4.89. The first-order valence-electron chi connectivity index (χ1n) is 4.57. The molecular formula is C8H19N3O2S2. The predicted molar refractivity (Wildman–Crippen MR) is 65.8 cm³/mol. The van der Waals surface area contributed by atoms with Gasteiger partial charge in [0.25, 0.3) is 10.2 Å². The molecule has 0 saturated heterocycles. The van der Waals surface area contributed by atoms with Crippen molar-refractivity contribution < 1.29 is 8.42 Å². The standard InChI is InChI=1S/C8H19N3O2S2/c1-6(2)11(5)15(12,13)10-8(3,4)7(9)14/h6,10H,1-5H3,(H2,9,14). The Kier molecular flexibility index (Phi) is 4.66. The van der Waals surface area contributed by atoms with Crippen molar-refractivity contribution in [1.29, 1.82) is 0 Å². The molecule has 0 aliphatic rings. The van der Waals surface area contributed by atoms with Crippen LogP contribution in [0.2, 0.25) is 0 Å². The van der Waals surface area contributed by atoms with E-state index in [-0.39, 0.29) is 11.0 Å². The van der Waals surface area contributed by atoms with E-state index in [0.29, 0.717) is 0 Å². The number of nitrogens with one attached hydrogen (secondary N) is 1. The van der Waals surface area contributed by atoms with Gasteiger partial charge in [-0.15, -0.1) is 0 Å². The molecule has 0 aliphatic carbocycles. The lowest BCUT2D eigenvalue weighted by Gasteiger charge is -2.29. The number of nitrogens with zero attached hydrogens (tertiary/aromatic N) is 1. The highest BCUT2D eigenvalue weighted by molar-refractivity contribution is 7.87. The average Bonchev–Trinajstić information content (AvgIpc) is 2.00. The molecule has 0 saturated carbocycles. The van der Waals surface area contributed by atoms with Crippen LogP contribution in [0.3, 0.4) is 0 Å². The minimum absolute atomic E-state index is 0.114. The molecule has 0 amide bonds. The van der Waals surface area contributed by atoms with Gasteiger partial charge in [0.2, 0.25) is 0 Å². The smallest absolute Gasteiger partial charge is 0.280 e. The van der Waals surface area contributed by atoms with Crippen LogP contribution in [0.1, 0.15) is 27.7 Å². The van der Waals surface area contributed by atoms with Crippen molar-refractivity contribution in [2.24, 2.45) is 5.73 Å². The van der Waals surface area contributed by atoms with Crippen LogP contribution in [0.5, 0.6) is 0 Å². The van der Waals surface area contributed by atoms with Crippen molar-refractivity contribution in [3.63, 3.8) is 0 Å². The van der Waals surface area contributed by atoms with Crippen molar-refractivity contribution in [1.82, 2.24) is 9.03 Å². The zero-order valence-corrected chi connectivity index (χ0v) is 11.4. The summed E-state index contributed by atoms with van der Waals surface area (Å²) in [4.78, 5) is 0.114. The summed E-state index contributed by atoms with van der Waals surface area (Å²) in [6.07, 6.45) is 0. The molecule has 0 rings (SSSR count). The Morgan fingerprint density at radius 1 is 1.47 bits per heavy atom. The Morgan fingerprint density at radius 3 is 2.13 bits per heavy atom. The summed E-state index contributed by atoms with van der Waals surface area (Å²) in [6, 6.07) is -0.121. The van der Waals surface area contributed by atoms with Crippen LogP contribution >= 0.6 is 12.2 Å². The van der Waals surface area contributed by atoms with Gasteiger partial charge < -0.3 is 5.73 Å². The van der Waals surface area contributed by atoms with E-state index in [0.717, 1.165) is 0 Å². The molecule has 0 aromatic rings. The first kappa shape index (κ1) is 14.8. The molecule has 0 fully saturated rings. The van der Waals surface area contributed by atoms with E-state index in [9.17, 15) is 8.42 Å². The van der Waals surface area contributed by atoms with E-state index < -0.39 is 15.7 Å². The van der Waals surface area contributed by atoms with Gasteiger partial charge in [-0.05, 0) is 27.7 Å². The predicted octanol–water partition coefficient (Wildman–Crippen LogP) is 0.226. The lowest BCUT2D eigenvalue weighted by atomic mass is 10.1. The van der Waals surface area contributed by atoms with Gasteiger partial charge in [0.15, 0.2) is 0 Å². The summed E-state index contributed by atoms with van der Waals surface area (Å²) in [5, 5.41) is 0. The summed E-state index contributed by atoms with van der Waals surface area (Å²) in [7, 11) is -2.04. The first-order chi connectivity index (χ1) is 6.50. The molecule has 0 aromatic carbocycles. The van der Waals surface area contributed by atoms with Gasteiger partial charge in [0.05, 0.1) is 10.5 Å². The van der Waals surface area contributed by atoms with Crippen molar-refractivity contribution in [3.8, 4) is 0 Å². The second kappa shape index (κ2) is 4.73. The number of nitrogens with two attached hydrogens (primary N) is 1. The molecule has 0 unspecified atom stereocenters. The lowest BCUT2D eigenvalue weighted by Crippen LogP contribution is -2.56. The topological polar surface area (TPSA) is 75.4 Å². The number of thiocarbonyl (C=S) groups is 1. The quantitative estimate of drug-likeness (QED) is 0.688. The molecule has 90 valence electrons. The SMILES string of the molecule is CC(C)N(C)S(=O)(=O)NC(C)(C)C(N)=S. The zero-order chi connectivity index (χ0) is 12.4. The van der Waals surface area contributed by atoms with Gasteiger partial charge in [-0.3, -0.25) is 0 Å². The summed E-state index contributed by atoms with van der Waals surface area (Å²) in [6.45, 7) is 6.82. The summed E-state index contributed by atoms with van der Waals surface area (Å²) < 4.78 is 27.3. The minimum atomic E-state index is -3.55. The van der Waals surface area contributed by atoms with Crippen LogP contribution in [0, 0.1) is 0 Å². The van der Waals surface area contributed by atoms with Crippen molar-refractivity contribution in [3.05, 3.63) is 0 Å². The van der Waals surface area contributed by atoms with E-state index in [4.69, 9.17) is 18.0 Å². The highest BCUT2D eigenvalue weighted by atomic mass is 32.2. The third kappa shape index (κ3) is 4.02. The van der Waals surface area contributed by atoms with E-state index >= 15 is 0 Å². The monoisotopic (exact) mass is 253 g/mol. The molecule has 0 atom stereocenters. The van der Waals surface area contributed by atoms with Crippen LogP contribution in [0.4, 0.5) is 0 Å². The van der Waals surface area contributed by atoms with Gasteiger partial charge in [-0.1, -0.05) is 12.2 Å². The summed E-state index contributed by atoms with van der Waals surface area (Å²) in [5.74, 6) is 0. The van der Waals surface area contributed by atoms with E-state index in [2.05, 4.69) is 4.72 Å².